The minimum atomic E-state index is 0.387. The summed E-state index contributed by atoms with van der Waals surface area (Å²) in [6.45, 7) is 4.39. The number of aromatic nitrogens is 1. The van der Waals surface area contributed by atoms with Crippen LogP contribution in [0.25, 0.3) is 10.9 Å². The van der Waals surface area contributed by atoms with Crippen LogP contribution in [0, 0.1) is 19.8 Å². The number of hydrogen-bond donors (Lipinski definition) is 2. The van der Waals surface area contributed by atoms with Crippen LogP contribution in [-0.4, -0.2) is 11.0 Å². The monoisotopic (exact) mass is 240 g/mol. The quantitative estimate of drug-likeness (QED) is 0.729. The molecule has 0 radical (unpaired) electrons. The van der Waals surface area contributed by atoms with Crippen molar-refractivity contribution < 1.29 is 0 Å². The maximum Gasteiger partial charge on any atom is 0.0461 e. The summed E-state index contributed by atoms with van der Waals surface area (Å²) < 4.78 is 0. The lowest BCUT2D eigenvalue weighted by atomic mass is 9.82. The Kier molecular flexibility index (Phi) is 2.00. The van der Waals surface area contributed by atoms with Crippen molar-refractivity contribution >= 4 is 10.9 Å². The summed E-state index contributed by atoms with van der Waals surface area (Å²) in [5.74, 6) is 1.30. The molecular formula is C16H20N2. The van der Waals surface area contributed by atoms with E-state index in [2.05, 4.69) is 31.0 Å². The molecule has 1 aromatic heterocycles. The van der Waals surface area contributed by atoms with Gasteiger partial charge in [0, 0.05) is 28.6 Å². The third-order valence-electron chi connectivity index (χ3n) is 5.23. The van der Waals surface area contributed by atoms with Crippen LogP contribution in [0.5, 0.6) is 0 Å². The Labute approximate surface area is 108 Å². The van der Waals surface area contributed by atoms with Crippen molar-refractivity contribution in [2.45, 2.75) is 45.1 Å². The van der Waals surface area contributed by atoms with Gasteiger partial charge in [0.05, 0.1) is 0 Å². The topological polar surface area (TPSA) is 41.8 Å². The first kappa shape index (κ1) is 10.6. The molecule has 2 bridgehead atoms. The van der Waals surface area contributed by atoms with Gasteiger partial charge in [-0.05, 0) is 67.9 Å². The van der Waals surface area contributed by atoms with E-state index in [4.69, 9.17) is 5.73 Å². The summed E-state index contributed by atoms with van der Waals surface area (Å²) in [5, 5.41) is 1.42. The molecule has 94 valence electrons. The van der Waals surface area contributed by atoms with E-state index in [9.17, 15) is 0 Å². The van der Waals surface area contributed by atoms with Crippen LogP contribution in [0.2, 0.25) is 0 Å². The molecule has 2 aliphatic rings. The van der Waals surface area contributed by atoms with E-state index in [1.165, 1.54) is 46.1 Å². The van der Waals surface area contributed by atoms with Crippen molar-refractivity contribution in [3.63, 3.8) is 0 Å². The van der Waals surface area contributed by atoms with Crippen molar-refractivity contribution in [2.75, 3.05) is 0 Å². The van der Waals surface area contributed by atoms with E-state index < -0.39 is 0 Å². The Hall–Kier alpha value is -1.28. The van der Waals surface area contributed by atoms with Gasteiger partial charge in [0.2, 0.25) is 0 Å². The standard InChI is InChI=1S/C16H20N2/c1-8-5-12-13(6-9(8)2)18-14-7-10-3-4-11(15(12)14)16(10)17/h5-6,10-11,16,18H,3-4,7,17H2,1-2H3/t10-,11+,16+/m0/s1. The number of hydrogen-bond acceptors (Lipinski definition) is 1. The fourth-order valence-corrected chi connectivity index (χ4v) is 4.06. The van der Waals surface area contributed by atoms with Gasteiger partial charge in [-0.1, -0.05) is 0 Å². The van der Waals surface area contributed by atoms with Crippen LogP contribution in [-0.2, 0) is 6.42 Å². The van der Waals surface area contributed by atoms with Crippen molar-refractivity contribution in [1.82, 2.24) is 4.98 Å². The Bertz CT molecular complexity index is 638. The number of aryl methyl sites for hydroxylation is 2. The molecule has 1 saturated carbocycles. The zero-order valence-corrected chi connectivity index (χ0v) is 11.1. The Morgan fingerprint density at radius 3 is 2.78 bits per heavy atom. The predicted octanol–water partition coefficient (Wildman–Crippen LogP) is 3.16. The van der Waals surface area contributed by atoms with Gasteiger partial charge in [0.1, 0.15) is 0 Å². The van der Waals surface area contributed by atoms with E-state index in [1.807, 2.05) is 0 Å². The molecule has 2 aliphatic carbocycles. The van der Waals surface area contributed by atoms with Gasteiger partial charge in [0.25, 0.3) is 0 Å². The number of nitrogens with two attached hydrogens (primary N) is 1. The molecule has 1 aromatic carbocycles. The molecule has 0 saturated heterocycles. The average molecular weight is 240 g/mol. The van der Waals surface area contributed by atoms with Crippen molar-refractivity contribution in [3.05, 3.63) is 34.5 Å². The summed E-state index contributed by atoms with van der Waals surface area (Å²) in [5.41, 5.74) is 13.5. The Morgan fingerprint density at radius 2 is 1.94 bits per heavy atom. The van der Waals surface area contributed by atoms with Crippen molar-refractivity contribution in [2.24, 2.45) is 11.7 Å². The number of benzene rings is 1. The van der Waals surface area contributed by atoms with Gasteiger partial charge in [-0.2, -0.15) is 0 Å². The van der Waals surface area contributed by atoms with E-state index in [-0.39, 0.29) is 0 Å². The van der Waals surface area contributed by atoms with Gasteiger partial charge < -0.3 is 10.7 Å². The molecule has 1 heterocycles. The van der Waals surface area contributed by atoms with Crippen LogP contribution in [0.3, 0.4) is 0 Å². The molecule has 0 unspecified atom stereocenters. The second kappa shape index (κ2) is 3.39. The lowest BCUT2D eigenvalue weighted by Gasteiger charge is -2.27. The van der Waals surface area contributed by atoms with Gasteiger partial charge in [0.15, 0.2) is 0 Å². The highest BCUT2D eigenvalue weighted by atomic mass is 14.8. The molecule has 0 amide bonds. The minimum absolute atomic E-state index is 0.387. The molecule has 3 atom stereocenters. The molecule has 0 spiro atoms. The summed E-state index contributed by atoms with van der Waals surface area (Å²) in [4.78, 5) is 3.65. The number of aromatic amines is 1. The molecule has 0 aliphatic heterocycles. The van der Waals surface area contributed by atoms with Crippen LogP contribution >= 0.6 is 0 Å². The average Bonchev–Trinajstić information content (AvgIpc) is 2.77. The fraction of sp³-hybridized carbons (Fsp3) is 0.500. The van der Waals surface area contributed by atoms with Crippen LogP contribution in [0.4, 0.5) is 0 Å². The minimum Gasteiger partial charge on any atom is -0.358 e. The van der Waals surface area contributed by atoms with Gasteiger partial charge in [-0.3, -0.25) is 0 Å². The summed E-state index contributed by atoms with van der Waals surface area (Å²) in [7, 11) is 0. The molecule has 3 N–H and O–H groups in total. The van der Waals surface area contributed by atoms with Gasteiger partial charge >= 0.3 is 0 Å². The Balaban J connectivity index is 2.01. The number of fused-ring (bicyclic) bond motifs is 6. The summed E-state index contributed by atoms with van der Waals surface area (Å²) in [6.07, 6.45) is 3.74. The van der Waals surface area contributed by atoms with Crippen LogP contribution in [0.15, 0.2) is 12.1 Å². The predicted molar refractivity (Wildman–Crippen MR) is 74.9 cm³/mol. The summed E-state index contributed by atoms with van der Waals surface area (Å²) in [6, 6.07) is 5.03. The SMILES string of the molecule is Cc1cc2[nH]c3c(c2cc1C)[C@H]1CC[C@@H](C3)[C@H]1N. The first-order valence-corrected chi connectivity index (χ1v) is 7.02. The zero-order chi connectivity index (χ0) is 12.4. The number of nitrogens with one attached hydrogen (secondary N) is 1. The smallest absolute Gasteiger partial charge is 0.0461 e. The third kappa shape index (κ3) is 1.22. The van der Waals surface area contributed by atoms with Gasteiger partial charge in [-0.15, -0.1) is 0 Å². The summed E-state index contributed by atoms with van der Waals surface area (Å²) >= 11 is 0. The van der Waals surface area contributed by atoms with Gasteiger partial charge in [-0.25, -0.2) is 0 Å². The highest BCUT2D eigenvalue weighted by Gasteiger charge is 2.41. The Morgan fingerprint density at radius 1 is 1.17 bits per heavy atom. The highest BCUT2D eigenvalue weighted by molar-refractivity contribution is 5.87. The lowest BCUT2D eigenvalue weighted by Crippen LogP contribution is -2.35. The van der Waals surface area contributed by atoms with E-state index in [0.29, 0.717) is 17.9 Å². The molecule has 1 fully saturated rings. The largest absolute Gasteiger partial charge is 0.358 e. The van der Waals surface area contributed by atoms with Crippen molar-refractivity contribution in [1.29, 1.82) is 0 Å². The highest BCUT2D eigenvalue weighted by Crippen LogP contribution is 2.48. The molecular weight excluding hydrogens is 220 g/mol. The van der Waals surface area contributed by atoms with E-state index in [0.717, 1.165) is 6.42 Å². The van der Waals surface area contributed by atoms with Crippen LogP contribution in [0.1, 0.15) is 41.1 Å². The first-order valence-electron chi connectivity index (χ1n) is 7.02. The fourth-order valence-electron chi connectivity index (χ4n) is 4.06. The molecule has 4 rings (SSSR count). The maximum atomic E-state index is 6.40. The second-order valence-corrected chi connectivity index (χ2v) is 6.22. The first-order chi connectivity index (χ1) is 8.65. The number of H-pyrrole nitrogens is 1. The van der Waals surface area contributed by atoms with Crippen LogP contribution < -0.4 is 5.73 Å². The van der Waals surface area contributed by atoms with E-state index >= 15 is 0 Å². The molecule has 2 heteroatoms. The lowest BCUT2D eigenvalue weighted by molar-refractivity contribution is 0.431. The third-order valence-corrected chi connectivity index (χ3v) is 5.23. The van der Waals surface area contributed by atoms with Crippen molar-refractivity contribution in [3.8, 4) is 0 Å². The second-order valence-electron chi connectivity index (χ2n) is 6.22. The number of rotatable bonds is 0. The molecule has 2 aromatic rings. The molecule has 18 heavy (non-hydrogen) atoms. The van der Waals surface area contributed by atoms with E-state index in [1.54, 1.807) is 0 Å². The molecule has 2 nitrogen and oxygen atoms in total. The maximum absolute atomic E-state index is 6.40. The normalized spacial score (nSPS) is 29.8. The zero-order valence-electron chi connectivity index (χ0n) is 11.1.